The van der Waals surface area contributed by atoms with Crippen LogP contribution in [0.2, 0.25) is 0 Å². The molecule has 1 aromatic carbocycles. The third-order valence-electron chi connectivity index (χ3n) is 4.65. The Morgan fingerprint density at radius 3 is 2.85 bits per heavy atom. The van der Waals surface area contributed by atoms with Crippen LogP contribution in [-0.4, -0.2) is 40.0 Å². The van der Waals surface area contributed by atoms with E-state index in [1.54, 1.807) is 0 Å². The fourth-order valence-corrected chi connectivity index (χ4v) is 3.34. The average Bonchev–Trinajstić information content (AvgIpc) is 2.70. The van der Waals surface area contributed by atoms with Gasteiger partial charge in [-0.25, -0.2) is 9.97 Å². The molecule has 0 bridgehead atoms. The van der Waals surface area contributed by atoms with Crippen LogP contribution in [0.3, 0.4) is 0 Å². The highest BCUT2D eigenvalue weighted by Crippen LogP contribution is 2.25. The Kier molecular flexibility index (Phi) is 5.80. The molecule has 0 spiro atoms. The van der Waals surface area contributed by atoms with E-state index in [1.807, 2.05) is 48.2 Å². The molecule has 3 rings (SSSR count). The van der Waals surface area contributed by atoms with Crippen LogP contribution < -0.4 is 4.74 Å². The topological polar surface area (TPSA) is 79.1 Å². The first-order valence-corrected chi connectivity index (χ1v) is 8.94. The van der Waals surface area contributed by atoms with Crippen molar-refractivity contribution in [1.29, 1.82) is 5.26 Å². The van der Waals surface area contributed by atoms with Crippen LogP contribution in [0.1, 0.15) is 43.4 Å². The summed E-state index contributed by atoms with van der Waals surface area (Å²) in [5.41, 5.74) is 1.22. The van der Waals surface area contributed by atoms with Crippen molar-refractivity contribution in [2.45, 2.75) is 38.2 Å². The van der Waals surface area contributed by atoms with Crippen LogP contribution in [-0.2, 0) is 4.79 Å². The van der Waals surface area contributed by atoms with Crippen molar-refractivity contribution in [2.24, 2.45) is 0 Å². The third-order valence-corrected chi connectivity index (χ3v) is 4.65. The Labute approximate surface area is 153 Å². The molecule has 0 saturated carbocycles. The average molecular weight is 350 g/mol. The number of carbonyl (C=O) groups is 1. The molecule has 2 aromatic rings. The van der Waals surface area contributed by atoms with Gasteiger partial charge in [-0.2, -0.15) is 5.26 Å². The number of benzene rings is 1. The SMILES string of the molecule is CCC(C(=O)N1CCCC(Oc2nccnc2C#N)C1)c1ccccc1. The highest BCUT2D eigenvalue weighted by molar-refractivity contribution is 5.83. The van der Waals surface area contributed by atoms with Gasteiger partial charge in [0.25, 0.3) is 5.88 Å². The molecule has 2 unspecified atom stereocenters. The van der Waals surface area contributed by atoms with Gasteiger partial charge in [0.2, 0.25) is 11.6 Å². The number of amides is 1. The number of rotatable bonds is 5. The Hall–Kier alpha value is -2.94. The lowest BCUT2D eigenvalue weighted by Gasteiger charge is -2.34. The maximum Gasteiger partial charge on any atom is 0.251 e. The Bertz CT molecular complexity index is 788. The fourth-order valence-electron chi connectivity index (χ4n) is 3.34. The van der Waals surface area contributed by atoms with E-state index in [0.717, 1.165) is 31.4 Å². The molecule has 26 heavy (non-hydrogen) atoms. The molecule has 2 atom stereocenters. The molecule has 6 heteroatoms. The molecule has 1 aromatic heterocycles. The van der Waals surface area contributed by atoms with Gasteiger partial charge in [-0.1, -0.05) is 37.3 Å². The summed E-state index contributed by atoms with van der Waals surface area (Å²) in [6.07, 6.45) is 5.24. The lowest BCUT2D eigenvalue weighted by Crippen LogP contribution is -2.46. The number of hydrogen-bond donors (Lipinski definition) is 0. The summed E-state index contributed by atoms with van der Waals surface area (Å²) >= 11 is 0. The molecule has 2 heterocycles. The van der Waals surface area contributed by atoms with E-state index in [0.29, 0.717) is 6.54 Å². The number of piperidine rings is 1. The minimum Gasteiger partial charge on any atom is -0.470 e. The maximum atomic E-state index is 13.0. The monoisotopic (exact) mass is 350 g/mol. The summed E-state index contributed by atoms with van der Waals surface area (Å²) in [6, 6.07) is 11.9. The van der Waals surface area contributed by atoms with Gasteiger partial charge in [-0.15, -0.1) is 0 Å². The van der Waals surface area contributed by atoms with Gasteiger partial charge in [0.05, 0.1) is 12.5 Å². The molecule has 0 radical (unpaired) electrons. The second-order valence-electron chi connectivity index (χ2n) is 6.36. The highest BCUT2D eigenvalue weighted by Gasteiger charge is 2.30. The molecule has 1 fully saturated rings. The van der Waals surface area contributed by atoms with Crippen LogP contribution >= 0.6 is 0 Å². The van der Waals surface area contributed by atoms with E-state index >= 15 is 0 Å². The summed E-state index contributed by atoms with van der Waals surface area (Å²) < 4.78 is 5.89. The zero-order valence-electron chi connectivity index (χ0n) is 14.8. The largest absolute Gasteiger partial charge is 0.470 e. The van der Waals surface area contributed by atoms with Gasteiger partial charge in [0.15, 0.2) is 0 Å². The number of hydrogen-bond acceptors (Lipinski definition) is 5. The lowest BCUT2D eigenvalue weighted by molar-refractivity contribution is -0.135. The number of ether oxygens (including phenoxy) is 1. The molecule has 134 valence electrons. The van der Waals surface area contributed by atoms with Crippen molar-refractivity contribution >= 4 is 5.91 Å². The zero-order valence-corrected chi connectivity index (χ0v) is 14.8. The van der Waals surface area contributed by atoms with E-state index in [9.17, 15) is 4.79 Å². The second kappa shape index (κ2) is 8.43. The Balaban J connectivity index is 1.70. The number of carbonyl (C=O) groups excluding carboxylic acids is 1. The first-order chi connectivity index (χ1) is 12.7. The van der Waals surface area contributed by atoms with Crippen molar-refractivity contribution in [3.05, 3.63) is 54.0 Å². The van der Waals surface area contributed by atoms with Gasteiger partial charge in [0, 0.05) is 18.9 Å². The van der Waals surface area contributed by atoms with Crippen LogP contribution in [0.15, 0.2) is 42.7 Å². The molecule has 6 nitrogen and oxygen atoms in total. The second-order valence-corrected chi connectivity index (χ2v) is 6.36. The first kappa shape index (κ1) is 17.9. The van der Waals surface area contributed by atoms with Crippen LogP contribution in [0.5, 0.6) is 5.88 Å². The van der Waals surface area contributed by atoms with Gasteiger partial charge in [0.1, 0.15) is 12.2 Å². The Morgan fingerprint density at radius 2 is 2.12 bits per heavy atom. The predicted octanol–water partition coefficient (Wildman–Crippen LogP) is 2.91. The van der Waals surface area contributed by atoms with Crippen molar-refractivity contribution < 1.29 is 9.53 Å². The van der Waals surface area contributed by atoms with Gasteiger partial charge in [-0.3, -0.25) is 4.79 Å². The molecule has 1 aliphatic rings. The van der Waals surface area contributed by atoms with Crippen molar-refractivity contribution in [3.8, 4) is 11.9 Å². The molecule has 0 N–H and O–H groups in total. The minimum atomic E-state index is -0.176. The lowest BCUT2D eigenvalue weighted by atomic mass is 9.94. The summed E-state index contributed by atoms with van der Waals surface area (Å²) in [4.78, 5) is 23.0. The highest BCUT2D eigenvalue weighted by atomic mass is 16.5. The fraction of sp³-hybridized carbons (Fsp3) is 0.400. The number of nitriles is 1. The molecular weight excluding hydrogens is 328 g/mol. The summed E-state index contributed by atoms with van der Waals surface area (Å²) in [5.74, 6) is 0.234. The van der Waals surface area contributed by atoms with Gasteiger partial charge >= 0.3 is 0 Å². The zero-order chi connectivity index (χ0) is 18.4. The van der Waals surface area contributed by atoms with E-state index in [4.69, 9.17) is 10.00 Å². The van der Waals surface area contributed by atoms with Crippen molar-refractivity contribution in [1.82, 2.24) is 14.9 Å². The van der Waals surface area contributed by atoms with E-state index < -0.39 is 0 Å². The normalized spacial score (nSPS) is 18.0. The van der Waals surface area contributed by atoms with E-state index in [-0.39, 0.29) is 29.5 Å². The summed E-state index contributed by atoms with van der Waals surface area (Å²) in [7, 11) is 0. The van der Waals surface area contributed by atoms with E-state index in [2.05, 4.69) is 9.97 Å². The molecule has 1 amide bonds. The summed E-state index contributed by atoms with van der Waals surface area (Å²) in [5, 5.41) is 9.12. The van der Waals surface area contributed by atoms with Crippen molar-refractivity contribution in [3.63, 3.8) is 0 Å². The number of nitrogens with zero attached hydrogens (tertiary/aromatic N) is 4. The first-order valence-electron chi connectivity index (χ1n) is 8.94. The maximum absolute atomic E-state index is 13.0. The molecule has 1 saturated heterocycles. The number of aromatic nitrogens is 2. The third kappa shape index (κ3) is 3.99. The quantitative estimate of drug-likeness (QED) is 0.828. The smallest absolute Gasteiger partial charge is 0.251 e. The van der Waals surface area contributed by atoms with Gasteiger partial charge < -0.3 is 9.64 Å². The van der Waals surface area contributed by atoms with Crippen LogP contribution in [0.25, 0.3) is 0 Å². The van der Waals surface area contributed by atoms with Crippen LogP contribution in [0, 0.1) is 11.3 Å². The van der Waals surface area contributed by atoms with Gasteiger partial charge in [-0.05, 0) is 24.8 Å². The van der Waals surface area contributed by atoms with E-state index in [1.165, 1.54) is 12.4 Å². The molecule has 0 aliphatic carbocycles. The Morgan fingerprint density at radius 1 is 1.35 bits per heavy atom. The predicted molar refractivity (Wildman–Crippen MR) is 96.5 cm³/mol. The molecule has 1 aliphatic heterocycles. The minimum absolute atomic E-state index is 0.131. The van der Waals surface area contributed by atoms with Crippen LogP contribution in [0.4, 0.5) is 0 Å². The van der Waals surface area contributed by atoms with Crippen molar-refractivity contribution in [2.75, 3.05) is 13.1 Å². The standard InChI is InChI=1S/C20H22N4O2/c1-2-17(15-7-4-3-5-8-15)20(25)24-12-6-9-16(14-24)26-19-18(13-21)22-10-11-23-19/h3-5,7-8,10-11,16-17H,2,6,9,12,14H2,1H3. The molecular formula is C20H22N4O2. The summed E-state index contributed by atoms with van der Waals surface area (Å²) in [6.45, 7) is 3.27. The number of likely N-dealkylation sites (tertiary alicyclic amines) is 1.